The van der Waals surface area contributed by atoms with Crippen molar-refractivity contribution in [3.8, 4) is 0 Å². The van der Waals surface area contributed by atoms with Crippen molar-refractivity contribution in [3.63, 3.8) is 0 Å². The van der Waals surface area contributed by atoms with Gasteiger partial charge in [-0.3, -0.25) is 0 Å². The first kappa shape index (κ1) is 9.86. The fourth-order valence-corrected chi connectivity index (χ4v) is 1.65. The summed E-state index contributed by atoms with van der Waals surface area (Å²) in [4.78, 5) is 0. The van der Waals surface area contributed by atoms with Crippen molar-refractivity contribution < 1.29 is 13.5 Å². The van der Waals surface area contributed by atoms with Gasteiger partial charge in [-0.15, -0.1) is 0 Å². The van der Waals surface area contributed by atoms with Crippen LogP contribution < -0.4 is 5.73 Å². The number of ether oxygens (including phenoxy) is 1. The Morgan fingerprint density at radius 2 is 1.92 bits per heavy atom. The van der Waals surface area contributed by atoms with Gasteiger partial charge < -0.3 is 10.5 Å². The van der Waals surface area contributed by atoms with Gasteiger partial charge in [0.05, 0.1) is 0 Å². The molecule has 1 aliphatic rings. The Labute approximate surface area is 71.1 Å². The molecular formula is C8H15F2NO. The Bertz CT molecular complexity index is 126. The highest BCUT2D eigenvalue weighted by Gasteiger charge is 2.29. The lowest BCUT2D eigenvalue weighted by Crippen LogP contribution is -2.33. The molecule has 72 valence electrons. The van der Waals surface area contributed by atoms with Crippen molar-refractivity contribution in [1.82, 2.24) is 0 Å². The smallest absolute Gasteiger partial charge is 0.242 e. The quantitative estimate of drug-likeness (QED) is 0.707. The van der Waals surface area contributed by atoms with Gasteiger partial charge in [-0.2, -0.15) is 0 Å². The van der Waals surface area contributed by atoms with E-state index in [2.05, 4.69) is 0 Å². The standard InChI is InChI=1S/C8H15F2NO/c9-8(10)7(5-11)6-1-3-12-4-2-6/h6-8H,1-5,11H2. The molecule has 0 aromatic rings. The lowest BCUT2D eigenvalue weighted by atomic mass is 9.86. The van der Waals surface area contributed by atoms with Crippen LogP contribution in [0.2, 0.25) is 0 Å². The Kier molecular flexibility index (Phi) is 3.88. The summed E-state index contributed by atoms with van der Waals surface area (Å²) >= 11 is 0. The summed E-state index contributed by atoms with van der Waals surface area (Å²) in [7, 11) is 0. The highest BCUT2D eigenvalue weighted by Crippen LogP contribution is 2.27. The third-order valence-corrected chi connectivity index (χ3v) is 2.47. The molecule has 0 aliphatic carbocycles. The first-order chi connectivity index (χ1) is 5.75. The Balaban J connectivity index is 2.40. The molecule has 12 heavy (non-hydrogen) atoms. The molecule has 0 aromatic carbocycles. The molecule has 1 saturated heterocycles. The summed E-state index contributed by atoms with van der Waals surface area (Å²) in [6.45, 7) is 1.30. The molecule has 1 atom stereocenters. The summed E-state index contributed by atoms with van der Waals surface area (Å²) in [6.07, 6.45) is -0.823. The van der Waals surface area contributed by atoms with Crippen LogP contribution in [-0.2, 0) is 4.74 Å². The molecule has 0 aromatic heterocycles. The van der Waals surface area contributed by atoms with Gasteiger partial charge in [-0.25, -0.2) is 8.78 Å². The zero-order valence-electron chi connectivity index (χ0n) is 7.01. The fraction of sp³-hybridized carbons (Fsp3) is 1.00. The van der Waals surface area contributed by atoms with E-state index in [0.717, 1.165) is 12.8 Å². The van der Waals surface area contributed by atoms with Crippen molar-refractivity contribution in [3.05, 3.63) is 0 Å². The van der Waals surface area contributed by atoms with Gasteiger partial charge in [0.15, 0.2) is 0 Å². The first-order valence-corrected chi connectivity index (χ1v) is 4.31. The number of hydrogen-bond donors (Lipinski definition) is 1. The number of halogens is 2. The van der Waals surface area contributed by atoms with E-state index < -0.39 is 12.3 Å². The Morgan fingerprint density at radius 1 is 1.33 bits per heavy atom. The Hall–Kier alpha value is -0.220. The zero-order chi connectivity index (χ0) is 8.97. The highest BCUT2D eigenvalue weighted by molar-refractivity contribution is 4.75. The van der Waals surface area contributed by atoms with E-state index in [0.29, 0.717) is 13.2 Å². The minimum Gasteiger partial charge on any atom is -0.381 e. The van der Waals surface area contributed by atoms with Crippen molar-refractivity contribution in [2.75, 3.05) is 19.8 Å². The maximum absolute atomic E-state index is 12.4. The number of hydrogen-bond acceptors (Lipinski definition) is 2. The summed E-state index contributed by atoms with van der Waals surface area (Å²) in [6, 6.07) is 0. The van der Waals surface area contributed by atoms with Crippen molar-refractivity contribution in [1.29, 1.82) is 0 Å². The molecule has 1 unspecified atom stereocenters. The van der Waals surface area contributed by atoms with E-state index in [1.165, 1.54) is 0 Å². The lowest BCUT2D eigenvalue weighted by Gasteiger charge is -2.28. The van der Waals surface area contributed by atoms with Crippen LogP contribution in [0.15, 0.2) is 0 Å². The van der Waals surface area contributed by atoms with E-state index in [4.69, 9.17) is 10.5 Å². The summed E-state index contributed by atoms with van der Waals surface area (Å²) < 4.78 is 29.8. The normalized spacial score (nSPS) is 23.0. The number of alkyl halides is 2. The molecule has 1 fully saturated rings. The first-order valence-electron chi connectivity index (χ1n) is 4.31. The third kappa shape index (κ3) is 2.38. The summed E-state index contributed by atoms with van der Waals surface area (Å²) in [5.41, 5.74) is 5.28. The molecule has 0 bridgehead atoms. The van der Waals surface area contributed by atoms with Gasteiger partial charge >= 0.3 is 0 Å². The average Bonchev–Trinajstić information content (AvgIpc) is 2.07. The van der Waals surface area contributed by atoms with Crippen LogP contribution in [0.3, 0.4) is 0 Å². The zero-order valence-corrected chi connectivity index (χ0v) is 7.01. The van der Waals surface area contributed by atoms with E-state index in [1.807, 2.05) is 0 Å². The van der Waals surface area contributed by atoms with Gasteiger partial charge in [0.25, 0.3) is 0 Å². The maximum Gasteiger partial charge on any atom is 0.242 e. The van der Waals surface area contributed by atoms with Gasteiger partial charge in [0.1, 0.15) is 0 Å². The second kappa shape index (κ2) is 4.72. The van der Waals surface area contributed by atoms with Crippen LogP contribution in [0.4, 0.5) is 8.78 Å². The molecule has 0 radical (unpaired) electrons. The molecule has 2 nitrogen and oxygen atoms in total. The van der Waals surface area contributed by atoms with Gasteiger partial charge in [0.2, 0.25) is 6.43 Å². The van der Waals surface area contributed by atoms with E-state index in [1.54, 1.807) is 0 Å². The van der Waals surface area contributed by atoms with Crippen LogP contribution >= 0.6 is 0 Å². The molecule has 2 N–H and O–H groups in total. The van der Waals surface area contributed by atoms with E-state index in [9.17, 15) is 8.78 Å². The summed E-state index contributed by atoms with van der Waals surface area (Å²) in [5, 5.41) is 0. The molecular weight excluding hydrogens is 164 g/mol. The fourth-order valence-electron chi connectivity index (χ4n) is 1.65. The lowest BCUT2D eigenvalue weighted by molar-refractivity contribution is -0.00651. The van der Waals surface area contributed by atoms with Crippen molar-refractivity contribution in [2.45, 2.75) is 19.3 Å². The third-order valence-electron chi connectivity index (χ3n) is 2.47. The second-order valence-corrected chi connectivity index (χ2v) is 3.18. The van der Waals surface area contributed by atoms with E-state index in [-0.39, 0.29) is 12.5 Å². The predicted octanol–water partition coefficient (Wildman–Crippen LogP) is 1.25. The van der Waals surface area contributed by atoms with Crippen LogP contribution in [0, 0.1) is 11.8 Å². The van der Waals surface area contributed by atoms with Gasteiger partial charge in [-0.1, -0.05) is 0 Å². The topological polar surface area (TPSA) is 35.2 Å². The number of nitrogens with two attached hydrogens (primary N) is 1. The predicted molar refractivity (Wildman–Crippen MR) is 42.1 cm³/mol. The minimum atomic E-state index is -2.28. The molecule has 1 rings (SSSR count). The SMILES string of the molecule is NCC(C(F)F)C1CCOCC1. The van der Waals surface area contributed by atoms with Crippen LogP contribution in [0.25, 0.3) is 0 Å². The van der Waals surface area contributed by atoms with Gasteiger partial charge in [0, 0.05) is 25.7 Å². The molecule has 1 aliphatic heterocycles. The largest absolute Gasteiger partial charge is 0.381 e. The molecule has 4 heteroatoms. The van der Waals surface area contributed by atoms with Crippen LogP contribution in [0.1, 0.15) is 12.8 Å². The minimum absolute atomic E-state index is 0.0590. The maximum atomic E-state index is 12.4. The molecule has 0 spiro atoms. The van der Waals surface area contributed by atoms with Crippen molar-refractivity contribution >= 4 is 0 Å². The second-order valence-electron chi connectivity index (χ2n) is 3.18. The average molecular weight is 179 g/mol. The molecule has 1 heterocycles. The summed E-state index contributed by atoms with van der Waals surface area (Å²) in [5.74, 6) is -0.572. The van der Waals surface area contributed by atoms with Crippen molar-refractivity contribution in [2.24, 2.45) is 17.6 Å². The highest BCUT2D eigenvalue weighted by atomic mass is 19.3. The molecule has 0 amide bonds. The Morgan fingerprint density at radius 3 is 2.33 bits per heavy atom. The van der Waals surface area contributed by atoms with Gasteiger partial charge in [-0.05, 0) is 18.8 Å². The van der Waals surface area contributed by atoms with Crippen LogP contribution in [-0.4, -0.2) is 26.2 Å². The van der Waals surface area contributed by atoms with E-state index >= 15 is 0 Å². The monoisotopic (exact) mass is 179 g/mol. The van der Waals surface area contributed by atoms with Crippen LogP contribution in [0.5, 0.6) is 0 Å². The number of rotatable bonds is 3. The molecule has 0 saturated carbocycles.